The first-order chi connectivity index (χ1) is 12.0. The van der Waals surface area contributed by atoms with Gasteiger partial charge in [0, 0.05) is 22.9 Å². The molecule has 0 amide bonds. The van der Waals surface area contributed by atoms with E-state index in [2.05, 4.69) is 4.98 Å². The van der Waals surface area contributed by atoms with Gasteiger partial charge in [-0.15, -0.1) is 0 Å². The molecule has 0 spiro atoms. The van der Waals surface area contributed by atoms with Gasteiger partial charge in [0.05, 0.1) is 18.2 Å². The van der Waals surface area contributed by atoms with E-state index in [1.807, 2.05) is 6.07 Å². The van der Waals surface area contributed by atoms with Crippen molar-refractivity contribution in [2.75, 3.05) is 0 Å². The van der Waals surface area contributed by atoms with Crippen LogP contribution in [0, 0.1) is 34.6 Å². The summed E-state index contributed by atoms with van der Waals surface area (Å²) in [5.41, 5.74) is 0.160. The zero-order chi connectivity index (χ0) is 18.0. The second kappa shape index (κ2) is 6.73. The Labute approximate surface area is 141 Å². The fourth-order valence-corrected chi connectivity index (χ4v) is 2.51. The molecule has 2 aromatic carbocycles. The fraction of sp³-hybridized carbons (Fsp3) is 0.0526. The second-order valence-electron chi connectivity index (χ2n) is 5.28. The lowest BCUT2D eigenvalue weighted by Gasteiger charge is -2.12. The maximum absolute atomic E-state index is 14.2. The van der Waals surface area contributed by atoms with Crippen LogP contribution in [0.25, 0.3) is 22.4 Å². The first kappa shape index (κ1) is 16.7. The van der Waals surface area contributed by atoms with Gasteiger partial charge in [-0.05, 0) is 29.8 Å². The van der Waals surface area contributed by atoms with Crippen LogP contribution in [0.3, 0.4) is 0 Å². The predicted molar refractivity (Wildman–Crippen MR) is 84.3 cm³/mol. The van der Waals surface area contributed by atoms with Crippen LogP contribution in [0.15, 0.2) is 48.7 Å². The number of hydrogen-bond acceptors (Lipinski definition) is 2. The van der Waals surface area contributed by atoms with Gasteiger partial charge in [0.2, 0.25) is 0 Å². The summed E-state index contributed by atoms with van der Waals surface area (Å²) in [5, 5.41) is 8.83. The number of aromatic nitrogens is 1. The van der Waals surface area contributed by atoms with Crippen molar-refractivity contribution in [2.24, 2.45) is 0 Å². The van der Waals surface area contributed by atoms with Crippen molar-refractivity contribution >= 4 is 0 Å². The molecule has 0 fully saturated rings. The van der Waals surface area contributed by atoms with E-state index in [1.54, 1.807) is 0 Å². The lowest BCUT2D eigenvalue weighted by Crippen LogP contribution is -1.99. The highest BCUT2D eigenvalue weighted by molar-refractivity contribution is 5.81. The largest absolute Gasteiger partial charge is 0.255 e. The molecule has 3 rings (SSSR count). The lowest BCUT2D eigenvalue weighted by atomic mass is 9.96. The quantitative estimate of drug-likeness (QED) is 0.626. The zero-order valence-electron chi connectivity index (χ0n) is 12.7. The average molecular weight is 342 g/mol. The third-order valence-corrected chi connectivity index (χ3v) is 3.68. The van der Waals surface area contributed by atoms with E-state index < -0.39 is 23.3 Å². The first-order valence-corrected chi connectivity index (χ1v) is 7.27. The van der Waals surface area contributed by atoms with Gasteiger partial charge in [0.1, 0.15) is 0 Å². The Morgan fingerprint density at radius 1 is 0.840 bits per heavy atom. The van der Waals surface area contributed by atoms with Crippen molar-refractivity contribution in [2.45, 2.75) is 6.42 Å². The van der Waals surface area contributed by atoms with E-state index in [0.29, 0.717) is 5.56 Å². The molecule has 3 aromatic rings. The minimum atomic E-state index is -1.14. The molecular formula is C19H10F4N2. The summed E-state index contributed by atoms with van der Waals surface area (Å²) in [6.45, 7) is 0. The maximum atomic E-state index is 14.2. The van der Waals surface area contributed by atoms with Gasteiger partial charge in [-0.1, -0.05) is 18.2 Å². The molecule has 0 saturated carbocycles. The Hall–Kier alpha value is -3.20. The summed E-state index contributed by atoms with van der Waals surface area (Å²) < 4.78 is 55.6. The van der Waals surface area contributed by atoms with Gasteiger partial charge in [0.25, 0.3) is 0 Å². The summed E-state index contributed by atoms with van der Waals surface area (Å²) in [7, 11) is 0. The minimum absolute atomic E-state index is 0.0111. The first-order valence-electron chi connectivity index (χ1n) is 7.27. The molecule has 0 aliphatic carbocycles. The van der Waals surface area contributed by atoms with Crippen molar-refractivity contribution < 1.29 is 17.6 Å². The SMILES string of the molecule is N#CCc1cnc(-c2cccc(F)c2F)c(-c2cccc(F)c2F)c1. The fourth-order valence-electron chi connectivity index (χ4n) is 2.51. The van der Waals surface area contributed by atoms with E-state index in [1.165, 1.54) is 36.5 Å². The Bertz CT molecular complexity index is 993. The number of rotatable bonds is 3. The van der Waals surface area contributed by atoms with Crippen LogP contribution < -0.4 is 0 Å². The molecule has 6 heteroatoms. The summed E-state index contributed by atoms with van der Waals surface area (Å²) in [6.07, 6.45) is 1.31. The van der Waals surface area contributed by atoms with Crippen molar-refractivity contribution in [1.29, 1.82) is 5.26 Å². The highest BCUT2D eigenvalue weighted by Gasteiger charge is 2.19. The third-order valence-electron chi connectivity index (χ3n) is 3.68. The van der Waals surface area contributed by atoms with Crippen LogP contribution in [0.1, 0.15) is 5.56 Å². The van der Waals surface area contributed by atoms with E-state index in [4.69, 9.17) is 5.26 Å². The number of nitrogens with zero attached hydrogens (tertiary/aromatic N) is 2. The maximum Gasteiger partial charge on any atom is 0.168 e. The minimum Gasteiger partial charge on any atom is -0.255 e. The van der Waals surface area contributed by atoms with Gasteiger partial charge >= 0.3 is 0 Å². The number of pyridine rings is 1. The molecule has 0 saturated heterocycles. The Kier molecular flexibility index (Phi) is 4.48. The molecule has 0 radical (unpaired) electrons. The number of nitriles is 1. The monoisotopic (exact) mass is 342 g/mol. The van der Waals surface area contributed by atoms with Crippen LogP contribution in [0.2, 0.25) is 0 Å². The lowest BCUT2D eigenvalue weighted by molar-refractivity contribution is 0.510. The van der Waals surface area contributed by atoms with Crippen molar-refractivity contribution in [1.82, 2.24) is 4.98 Å². The Morgan fingerprint density at radius 2 is 1.44 bits per heavy atom. The molecule has 1 aromatic heterocycles. The Morgan fingerprint density at radius 3 is 2.08 bits per heavy atom. The van der Waals surface area contributed by atoms with E-state index in [0.717, 1.165) is 12.1 Å². The molecule has 124 valence electrons. The molecule has 0 unspecified atom stereocenters. The number of benzene rings is 2. The summed E-state index contributed by atoms with van der Waals surface area (Å²) >= 11 is 0. The summed E-state index contributed by atoms with van der Waals surface area (Å²) in [5.74, 6) is -4.42. The molecule has 0 atom stereocenters. The van der Waals surface area contributed by atoms with Crippen LogP contribution >= 0.6 is 0 Å². The molecule has 1 heterocycles. The smallest absolute Gasteiger partial charge is 0.168 e. The predicted octanol–water partition coefficient (Wildman–Crippen LogP) is 5.04. The normalized spacial score (nSPS) is 10.5. The third kappa shape index (κ3) is 3.09. The van der Waals surface area contributed by atoms with Crippen LogP contribution in [-0.2, 0) is 6.42 Å². The van der Waals surface area contributed by atoms with Crippen LogP contribution in [0.4, 0.5) is 17.6 Å². The molecule has 0 N–H and O–H groups in total. The van der Waals surface area contributed by atoms with E-state index in [-0.39, 0.29) is 28.8 Å². The van der Waals surface area contributed by atoms with Gasteiger partial charge < -0.3 is 0 Å². The summed E-state index contributed by atoms with van der Waals surface area (Å²) in [6, 6.07) is 10.5. The highest BCUT2D eigenvalue weighted by Crippen LogP contribution is 2.35. The van der Waals surface area contributed by atoms with Crippen LogP contribution in [-0.4, -0.2) is 4.98 Å². The van der Waals surface area contributed by atoms with E-state index in [9.17, 15) is 17.6 Å². The molecule has 2 nitrogen and oxygen atoms in total. The van der Waals surface area contributed by atoms with Crippen molar-refractivity contribution in [3.63, 3.8) is 0 Å². The summed E-state index contributed by atoms with van der Waals surface area (Å²) in [4.78, 5) is 4.07. The van der Waals surface area contributed by atoms with Crippen LogP contribution in [0.5, 0.6) is 0 Å². The number of hydrogen-bond donors (Lipinski definition) is 0. The Balaban J connectivity index is 2.31. The molecule has 0 aliphatic rings. The second-order valence-corrected chi connectivity index (χ2v) is 5.28. The highest BCUT2D eigenvalue weighted by atomic mass is 19.2. The van der Waals surface area contributed by atoms with Gasteiger partial charge in [-0.2, -0.15) is 5.26 Å². The molecule has 25 heavy (non-hydrogen) atoms. The molecular weight excluding hydrogens is 332 g/mol. The standard InChI is InChI=1S/C19H10F4N2/c20-15-5-1-3-12(17(15)22)14-9-11(7-8-24)10-25-19(14)13-4-2-6-16(21)18(13)23/h1-6,9-10H,7H2. The zero-order valence-corrected chi connectivity index (χ0v) is 12.7. The van der Waals surface area contributed by atoms with Gasteiger partial charge in [-0.3, -0.25) is 4.98 Å². The van der Waals surface area contributed by atoms with Crippen molar-refractivity contribution in [3.8, 4) is 28.5 Å². The van der Waals surface area contributed by atoms with E-state index >= 15 is 0 Å². The molecule has 0 bridgehead atoms. The average Bonchev–Trinajstić information content (AvgIpc) is 2.60. The van der Waals surface area contributed by atoms with Gasteiger partial charge in [-0.25, -0.2) is 17.6 Å². The topological polar surface area (TPSA) is 36.7 Å². The number of halogens is 4. The van der Waals surface area contributed by atoms with Gasteiger partial charge in [0.15, 0.2) is 23.3 Å². The molecule has 0 aliphatic heterocycles. The van der Waals surface area contributed by atoms with Crippen molar-refractivity contribution in [3.05, 3.63) is 77.5 Å².